The van der Waals surface area contributed by atoms with Crippen molar-refractivity contribution in [1.29, 1.82) is 5.26 Å². The number of rotatable bonds is 7. The average molecular weight is 394 g/mol. The normalized spacial score (nSPS) is 10.9. The van der Waals surface area contributed by atoms with Crippen molar-refractivity contribution in [1.82, 2.24) is 0 Å². The van der Waals surface area contributed by atoms with Gasteiger partial charge >= 0.3 is 0 Å². The van der Waals surface area contributed by atoms with Crippen molar-refractivity contribution in [2.45, 2.75) is 27.7 Å². The van der Waals surface area contributed by atoms with Crippen LogP contribution in [-0.2, 0) is 4.79 Å². The summed E-state index contributed by atoms with van der Waals surface area (Å²) in [7, 11) is 3.04. The highest BCUT2D eigenvalue weighted by Gasteiger charge is 2.16. The van der Waals surface area contributed by atoms with Crippen LogP contribution in [0, 0.1) is 32.1 Å². The van der Waals surface area contributed by atoms with E-state index in [-0.39, 0.29) is 5.57 Å². The summed E-state index contributed by atoms with van der Waals surface area (Å²) in [5.41, 5.74) is 4.27. The van der Waals surface area contributed by atoms with Gasteiger partial charge in [0.25, 0.3) is 5.91 Å². The highest BCUT2D eigenvalue weighted by Crippen LogP contribution is 2.39. The number of carbonyl (C=O) groups is 1. The predicted octanol–water partition coefficient (Wildman–Crippen LogP) is 4.57. The molecule has 6 nitrogen and oxygen atoms in total. The molecule has 2 aromatic carbocycles. The molecule has 0 spiro atoms. The van der Waals surface area contributed by atoms with Crippen LogP contribution in [0.5, 0.6) is 17.2 Å². The molecule has 0 saturated heterocycles. The van der Waals surface area contributed by atoms with E-state index in [1.807, 2.05) is 45.9 Å². The molecule has 0 aliphatic carbocycles. The highest BCUT2D eigenvalue weighted by molar-refractivity contribution is 6.10. The molecule has 0 saturated carbocycles. The van der Waals surface area contributed by atoms with Crippen LogP contribution in [0.3, 0.4) is 0 Å². The number of hydrogen-bond acceptors (Lipinski definition) is 5. The quantitative estimate of drug-likeness (QED) is 0.549. The average Bonchev–Trinajstić information content (AvgIpc) is 2.69. The van der Waals surface area contributed by atoms with Crippen LogP contribution >= 0.6 is 0 Å². The van der Waals surface area contributed by atoms with Crippen LogP contribution in [0.1, 0.15) is 29.2 Å². The number of nitrogens with zero attached hydrogens (tertiary/aromatic N) is 1. The molecule has 0 atom stereocenters. The molecule has 0 aromatic heterocycles. The second kappa shape index (κ2) is 9.65. The molecule has 0 bridgehead atoms. The van der Waals surface area contributed by atoms with E-state index in [1.54, 1.807) is 12.1 Å². The molecular formula is C23H26N2O4. The lowest BCUT2D eigenvalue weighted by Crippen LogP contribution is -2.15. The van der Waals surface area contributed by atoms with Crippen LogP contribution in [0.4, 0.5) is 5.69 Å². The maximum Gasteiger partial charge on any atom is 0.266 e. The fourth-order valence-corrected chi connectivity index (χ4v) is 3.14. The van der Waals surface area contributed by atoms with Crippen LogP contribution in [0.15, 0.2) is 29.8 Å². The summed E-state index contributed by atoms with van der Waals surface area (Å²) in [6.07, 6.45) is 1.49. The second-order valence-corrected chi connectivity index (χ2v) is 6.59. The van der Waals surface area contributed by atoms with Gasteiger partial charge in [-0.3, -0.25) is 4.79 Å². The number of aryl methyl sites for hydroxylation is 3. The lowest BCUT2D eigenvalue weighted by Gasteiger charge is -2.15. The summed E-state index contributed by atoms with van der Waals surface area (Å²) in [6.45, 7) is 8.16. The lowest BCUT2D eigenvalue weighted by molar-refractivity contribution is -0.112. The summed E-state index contributed by atoms with van der Waals surface area (Å²) in [5, 5.41) is 12.4. The molecule has 0 aliphatic rings. The summed E-state index contributed by atoms with van der Waals surface area (Å²) in [4.78, 5) is 12.7. The fraction of sp³-hybridized carbons (Fsp3) is 0.304. The second-order valence-electron chi connectivity index (χ2n) is 6.59. The lowest BCUT2D eigenvalue weighted by atomic mass is 10.0. The smallest absolute Gasteiger partial charge is 0.266 e. The first-order chi connectivity index (χ1) is 13.8. The van der Waals surface area contributed by atoms with Crippen LogP contribution in [0.25, 0.3) is 6.08 Å². The molecule has 2 rings (SSSR count). The first-order valence-electron chi connectivity index (χ1n) is 9.24. The summed E-state index contributed by atoms with van der Waals surface area (Å²) in [6, 6.07) is 9.34. The van der Waals surface area contributed by atoms with E-state index >= 15 is 0 Å². The van der Waals surface area contributed by atoms with Gasteiger partial charge < -0.3 is 19.5 Å². The van der Waals surface area contributed by atoms with Crippen LogP contribution in [-0.4, -0.2) is 26.7 Å². The molecule has 0 radical (unpaired) electrons. The molecule has 0 heterocycles. The maximum atomic E-state index is 12.7. The number of ether oxygens (including phenoxy) is 3. The fourth-order valence-electron chi connectivity index (χ4n) is 3.14. The van der Waals surface area contributed by atoms with Crippen LogP contribution < -0.4 is 19.5 Å². The van der Waals surface area contributed by atoms with Gasteiger partial charge in [-0.15, -0.1) is 0 Å². The first-order valence-corrected chi connectivity index (χ1v) is 9.24. The molecule has 0 aliphatic heterocycles. The highest BCUT2D eigenvalue weighted by atomic mass is 16.5. The number of nitrogens with one attached hydrogen (secondary N) is 1. The number of nitriles is 1. The standard InChI is InChI=1S/C23H26N2O4/c1-7-29-22-19(27-5)11-17(12-20(22)28-6)10-18(13-24)23(26)25-21-15(3)8-14(2)9-16(21)4/h8-12H,7H2,1-6H3,(H,25,26). The third kappa shape index (κ3) is 5.08. The minimum absolute atomic E-state index is 0.0300. The van der Waals surface area contributed by atoms with E-state index < -0.39 is 5.91 Å². The van der Waals surface area contributed by atoms with E-state index in [2.05, 4.69) is 5.32 Å². The Kier molecular flexibility index (Phi) is 7.27. The molecule has 0 unspecified atom stereocenters. The zero-order valence-electron chi connectivity index (χ0n) is 17.7. The van der Waals surface area contributed by atoms with Gasteiger partial charge in [0, 0.05) is 5.69 Å². The van der Waals surface area contributed by atoms with E-state index in [0.717, 1.165) is 16.7 Å². The Morgan fingerprint density at radius 3 is 2.07 bits per heavy atom. The van der Waals surface area contributed by atoms with Gasteiger partial charge in [-0.1, -0.05) is 17.7 Å². The summed E-state index contributed by atoms with van der Waals surface area (Å²) in [5.74, 6) is 0.915. The zero-order valence-corrected chi connectivity index (χ0v) is 17.7. The van der Waals surface area contributed by atoms with Crippen molar-refractivity contribution < 1.29 is 19.0 Å². The van der Waals surface area contributed by atoms with E-state index in [9.17, 15) is 10.1 Å². The minimum atomic E-state index is -0.477. The Hall–Kier alpha value is -3.46. The van der Waals surface area contributed by atoms with Gasteiger partial charge in [-0.25, -0.2) is 0 Å². The van der Waals surface area contributed by atoms with Gasteiger partial charge in [-0.2, -0.15) is 5.26 Å². The number of hydrogen-bond donors (Lipinski definition) is 1. The molecule has 1 amide bonds. The van der Waals surface area contributed by atoms with Crippen molar-refractivity contribution >= 4 is 17.7 Å². The number of amides is 1. The summed E-state index contributed by atoms with van der Waals surface area (Å²) >= 11 is 0. The van der Waals surface area contributed by atoms with Crippen LogP contribution in [0.2, 0.25) is 0 Å². The maximum absolute atomic E-state index is 12.7. The van der Waals surface area contributed by atoms with Gasteiger partial charge in [-0.05, 0) is 62.6 Å². The molecule has 6 heteroatoms. The Bertz CT molecular complexity index is 939. The van der Waals surface area contributed by atoms with Crippen molar-refractivity contribution in [3.05, 3.63) is 52.1 Å². The SMILES string of the molecule is CCOc1c(OC)cc(C=C(C#N)C(=O)Nc2c(C)cc(C)cc2C)cc1OC. The first kappa shape index (κ1) is 21.8. The Balaban J connectivity index is 2.41. The van der Waals surface area contributed by atoms with Crippen molar-refractivity contribution in [2.75, 3.05) is 26.1 Å². The zero-order chi connectivity index (χ0) is 21.6. The molecule has 2 aromatic rings. The minimum Gasteiger partial charge on any atom is -0.493 e. The Morgan fingerprint density at radius 1 is 1.07 bits per heavy atom. The molecule has 0 fully saturated rings. The summed E-state index contributed by atoms with van der Waals surface area (Å²) < 4.78 is 16.3. The van der Waals surface area contributed by atoms with E-state index in [1.165, 1.54) is 20.3 Å². The van der Waals surface area contributed by atoms with Crippen molar-refractivity contribution in [3.8, 4) is 23.3 Å². The van der Waals surface area contributed by atoms with Crippen molar-refractivity contribution in [2.24, 2.45) is 0 Å². The third-order valence-electron chi connectivity index (χ3n) is 4.36. The number of benzene rings is 2. The predicted molar refractivity (Wildman–Crippen MR) is 114 cm³/mol. The van der Waals surface area contributed by atoms with Crippen molar-refractivity contribution in [3.63, 3.8) is 0 Å². The molecule has 29 heavy (non-hydrogen) atoms. The largest absolute Gasteiger partial charge is 0.493 e. The Labute approximate surface area is 171 Å². The van der Waals surface area contributed by atoms with Gasteiger partial charge in [0.2, 0.25) is 5.75 Å². The Morgan fingerprint density at radius 2 is 1.62 bits per heavy atom. The van der Waals surface area contributed by atoms with E-state index in [4.69, 9.17) is 14.2 Å². The molecular weight excluding hydrogens is 368 g/mol. The van der Waals surface area contributed by atoms with Gasteiger partial charge in [0.1, 0.15) is 11.6 Å². The topological polar surface area (TPSA) is 80.6 Å². The monoisotopic (exact) mass is 394 g/mol. The number of methoxy groups -OCH3 is 2. The van der Waals surface area contributed by atoms with Gasteiger partial charge in [0.15, 0.2) is 11.5 Å². The number of carbonyl (C=O) groups excluding carboxylic acids is 1. The van der Waals surface area contributed by atoms with E-state index in [0.29, 0.717) is 35.1 Å². The molecule has 1 N–H and O–H groups in total. The molecule has 152 valence electrons. The third-order valence-corrected chi connectivity index (χ3v) is 4.36. The number of anilines is 1. The van der Waals surface area contributed by atoms with Gasteiger partial charge in [0.05, 0.1) is 20.8 Å².